The number of carbonyl (C=O) groups excluding carboxylic acids is 1. The van der Waals surface area contributed by atoms with Gasteiger partial charge in [-0.1, -0.05) is 17.7 Å². The zero-order valence-electron chi connectivity index (χ0n) is 11.0. The van der Waals surface area contributed by atoms with Crippen molar-refractivity contribution in [2.24, 2.45) is 0 Å². The van der Waals surface area contributed by atoms with Crippen LogP contribution in [0.1, 0.15) is 21.5 Å². The van der Waals surface area contributed by atoms with Crippen molar-refractivity contribution in [2.75, 3.05) is 6.61 Å². The van der Waals surface area contributed by atoms with Crippen molar-refractivity contribution in [3.8, 4) is 5.75 Å². The third-order valence-electron chi connectivity index (χ3n) is 3.42. The Morgan fingerprint density at radius 1 is 1.33 bits per heavy atom. The summed E-state index contributed by atoms with van der Waals surface area (Å²) in [6, 6.07) is 7.95. The summed E-state index contributed by atoms with van der Waals surface area (Å²) in [6.07, 6.45) is 0.938. The fraction of sp³-hybridized carbons (Fsp3) is 0.188. The lowest BCUT2D eigenvalue weighted by Crippen LogP contribution is -2.05. The van der Waals surface area contributed by atoms with E-state index in [1.165, 1.54) is 12.1 Å². The van der Waals surface area contributed by atoms with Gasteiger partial charge in [0.25, 0.3) is 0 Å². The average Bonchev–Trinajstić information content (AvgIpc) is 2.90. The van der Waals surface area contributed by atoms with Gasteiger partial charge in [-0.25, -0.2) is 4.39 Å². The molecule has 1 aliphatic heterocycles. The van der Waals surface area contributed by atoms with Gasteiger partial charge in [0.1, 0.15) is 11.6 Å². The molecule has 0 saturated heterocycles. The quantitative estimate of drug-likeness (QED) is 0.739. The molecule has 2 nitrogen and oxygen atoms in total. The highest BCUT2D eigenvalue weighted by Gasteiger charge is 2.20. The van der Waals surface area contributed by atoms with E-state index in [1.54, 1.807) is 12.1 Å². The van der Waals surface area contributed by atoms with Gasteiger partial charge in [0, 0.05) is 29.0 Å². The summed E-state index contributed by atoms with van der Waals surface area (Å²) in [5, 5.41) is 0.587. The van der Waals surface area contributed by atoms with Crippen LogP contribution in [0.2, 0.25) is 5.02 Å². The first-order valence-electron chi connectivity index (χ1n) is 6.47. The first-order chi connectivity index (χ1) is 10.0. The lowest BCUT2D eigenvalue weighted by molar-refractivity contribution is 0.0991. The van der Waals surface area contributed by atoms with Gasteiger partial charge in [-0.05, 0) is 45.8 Å². The van der Waals surface area contributed by atoms with Gasteiger partial charge in [0.2, 0.25) is 0 Å². The minimum atomic E-state index is -0.451. The van der Waals surface area contributed by atoms with E-state index in [1.807, 2.05) is 6.07 Å². The summed E-state index contributed by atoms with van der Waals surface area (Å²) >= 11 is 9.14. The van der Waals surface area contributed by atoms with E-state index < -0.39 is 5.82 Å². The monoisotopic (exact) mass is 368 g/mol. The number of benzene rings is 2. The third-order valence-corrected chi connectivity index (χ3v) is 4.28. The number of halogens is 3. The van der Waals surface area contributed by atoms with Crippen molar-refractivity contribution in [1.29, 1.82) is 0 Å². The second kappa shape index (κ2) is 5.78. The van der Waals surface area contributed by atoms with Crippen LogP contribution in [0.15, 0.2) is 34.8 Å². The fourth-order valence-electron chi connectivity index (χ4n) is 2.42. The Morgan fingerprint density at radius 2 is 2.14 bits per heavy atom. The Morgan fingerprint density at radius 3 is 2.90 bits per heavy atom. The predicted octanol–water partition coefficient (Wildman–Crippen LogP) is 4.60. The molecule has 2 aromatic rings. The maximum absolute atomic E-state index is 13.5. The molecule has 108 valence electrons. The van der Waals surface area contributed by atoms with Gasteiger partial charge < -0.3 is 4.74 Å². The molecule has 0 aromatic heterocycles. The summed E-state index contributed by atoms with van der Waals surface area (Å²) in [7, 11) is 0. The van der Waals surface area contributed by atoms with Crippen LogP contribution >= 0.6 is 27.5 Å². The Labute approximate surface area is 135 Å². The van der Waals surface area contributed by atoms with Crippen molar-refractivity contribution in [3.63, 3.8) is 0 Å². The summed E-state index contributed by atoms with van der Waals surface area (Å²) in [5.41, 5.74) is 2.11. The van der Waals surface area contributed by atoms with Gasteiger partial charge >= 0.3 is 0 Å². The number of hydrogen-bond donors (Lipinski definition) is 0. The first kappa shape index (κ1) is 14.5. The van der Waals surface area contributed by atoms with Crippen LogP contribution in [0.3, 0.4) is 0 Å². The highest BCUT2D eigenvalue weighted by atomic mass is 79.9. The van der Waals surface area contributed by atoms with Crippen LogP contribution in [0.25, 0.3) is 0 Å². The number of Topliss-reactive ketones (excluding diaryl/α,β-unsaturated/α-hetero) is 1. The minimum Gasteiger partial charge on any atom is -0.493 e. The van der Waals surface area contributed by atoms with E-state index in [0.29, 0.717) is 21.7 Å². The highest BCUT2D eigenvalue weighted by Crippen LogP contribution is 2.33. The fourth-order valence-corrected chi connectivity index (χ4v) is 2.93. The molecule has 0 fully saturated rings. The average molecular weight is 370 g/mol. The minimum absolute atomic E-state index is 0.143. The second-order valence-electron chi connectivity index (χ2n) is 4.88. The lowest BCUT2D eigenvalue weighted by atomic mass is 10.00. The largest absolute Gasteiger partial charge is 0.493 e. The van der Waals surface area contributed by atoms with Gasteiger partial charge in [0.05, 0.1) is 11.1 Å². The molecule has 1 aliphatic rings. The Kier molecular flexibility index (Phi) is 4.00. The van der Waals surface area contributed by atoms with Crippen LogP contribution in [-0.4, -0.2) is 12.4 Å². The number of ketones is 1. The van der Waals surface area contributed by atoms with Crippen molar-refractivity contribution < 1.29 is 13.9 Å². The van der Waals surface area contributed by atoms with E-state index >= 15 is 0 Å². The number of rotatable bonds is 3. The Bertz CT molecular complexity index is 730. The molecule has 0 bridgehead atoms. The molecule has 2 aromatic carbocycles. The highest BCUT2D eigenvalue weighted by molar-refractivity contribution is 9.10. The van der Waals surface area contributed by atoms with Crippen LogP contribution in [0.5, 0.6) is 5.75 Å². The SMILES string of the molecule is O=C(Cc1cc(Cl)cc2c1OCC2)c1ccc(Br)c(F)c1. The number of hydrogen-bond acceptors (Lipinski definition) is 2. The number of fused-ring (bicyclic) bond motifs is 1. The standard InChI is InChI=1S/C16H11BrClFO2/c17-13-2-1-9(7-14(13)19)15(20)8-11-6-12(18)5-10-3-4-21-16(10)11/h1-2,5-7H,3-4,8H2. The molecule has 0 atom stereocenters. The number of carbonyl (C=O) groups is 1. The molecule has 0 spiro atoms. The van der Waals surface area contributed by atoms with Gasteiger partial charge in [-0.15, -0.1) is 0 Å². The summed E-state index contributed by atoms with van der Waals surface area (Å²) in [4.78, 5) is 12.3. The molecule has 0 amide bonds. The zero-order chi connectivity index (χ0) is 15.0. The number of ether oxygens (including phenoxy) is 1. The van der Waals surface area contributed by atoms with Crippen molar-refractivity contribution in [2.45, 2.75) is 12.8 Å². The molecule has 5 heteroatoms. The topological polar surface area (TPSA) is 26.3 Å². The summed E-state index contributed by atoms with van der Waals surface area (Å²) in [5.74, 6) is 0.125. The Hall–Kier alpha value is -1.39. The van der Waals surface area contributed by atoms with E-state index in [0.717, 1.165) is 23.3 Å². The third kappa shape index (κ3) is 2.97. The molecule has 0 unspecified atom stereocenters. The normalized spacial score (nSPS) is 12.9. The van der Waals surface area contributed by atoms with Crippen LogP contribution in [-0.2, 0) is 12.8 Å². The van der Waals surface area contributed by atoms with E-state index in [9.17, 15) is 9.18 Å². The van der Waals surface area contributed by atoms with Gasteiger partial charge in [-0.3, -0.25) is 4.79 Å². The molecular formula is C16H11BrClFO2. The smallest absolute Gasteiger partial charge is 0.167 e. The van der Waals surface area contributed by atoms with Gasteiger partial charge in [-0.2, -0.15) is 0 Å². The van der Waals surface area contributed by atoms with Crippen LogP contribution in [0.4, 0.5) is 4.39 Å². The molecule has 0 aliphatic carbocycles. The summed E-state index contributed by atoms with van der Waals surface area (Å²) < 4.78 is 19.4. The van der Waals surface area contributed by atoms with E-state index in [4.69, 9.17) is 16.3 Å². The van der Waals surface area contributed by atoms with Crippen molar-refractivity contribution in [3.05, 3.63) is 62.3 Å². The molecule has 0 N–H and O–H groups in total. The molecule has 3 rings (SSSR count). The predicted molar refractivity (Wildman–Crippen MR) is 82.8 cm³/mol. The van der Waals surface area contributed by atoms with Crippen molar-refractivity contribution >= 4 is 33.3 Å². The molecule has 0 radical (unpaired) electrons. The second-order valence-corrected chi connectivity index (χ2v) is 6.17. The first-order valence-corrected chi connectivity index (χ1v) is 7.64. The maximum Gasteiger partial charge on any atom is 0.167 e. The van der Waals surface area contributed by atoms with Crippen LogP contribution in [0, 0.1) is 5.82 Å². The van der Waals surface area contributed by atoms with Crippen LogP contribution < -0.4 is 4.74 Å². The maximum atomic E-state index is 13.5. The summed E-state index contributed by atoms with van der Waals surface area (Å²) in [6.45, 7) is 0.601. The van der Waals surface area contributed by atoms with E-state index in [2.05, 4.69) is 15.9 Å². The molecule has 1 heterocycles. The molecule has 0 saturated carbocycles. The lowest BCUT2D eigenvalue weighted by Gasteiger charge is -2.09. The zero-order valence-corrected chi connectivity index (χ0v) is 13.3. The van der Waals surface area contributed by atoms with Crippen molar-refractivity contribution in [1.82, 2.24) is 0 Å². The van der Waals surface area contributed by atoms with E-state index in [-0.39, 0.29) is 12.2 Å². The van der Waals surface area contributed by atoms with Gasteiger partial charge in [0.15, 0.2) is 5.78 Å². The molecular weight excluding hydrogens is 359 g/mol. The Balaban J connectivity index is 1.90. The molecule has 21 heavy (non-hydrogen) atoms.